The highest BCUT2D eigenvalue weighted by molar-refractivity contribution is 5.68. The molecule has 6 nitrogen and oxygen atoms in total. The number of carbonyl (C=O) groups excluding carboxylic acids is 1. The Morgan fingerprint density at radius 3 is 2.44 bits per heavy atom. The zero-order valence-corrected chi connectivity index (χ0v) is 19.9. The van der Waals surface area contributed by atoms with Crippen molar-refractivity contribution in [2.75, 3.05) is 27.4 Å². The van der Waals surface area contributed by atoms with Crippen LogP contribution in [-0.4, -0.2) is 50.1 Å². The highest BCUT2D eigenvalue weighted by Gasteiger charge is 2.46. The minimum absolute atomic E-state index is 0.0422. The number of aromatic nitrogens is 2. The molecule has 1 aromatic heterocycles. The Bertz CT molecular complexity index is 914. The van der Waals surface area contributed by atoms with E-state index in [0.29, 0.717) is 38.0 Å². The first kappa shape index (κ1) is 27.8. The van der Waals surface area contributed by atoms with Gasteiger partial charge in [-0.25, -0.2) is 8.78 Å². The molecule has 1 aromatic carbocycles. The standard InChI is InChI=1S/C20H20F4N2O3.C2H6O.C2H6/c21-19(22)29-15-3-1-2-13(9-15)18-17-16(8-12(11-27)10-20(17,23)24)26(25-18)14-4-6-28-7-5-14;1-3-2;1-2/h1-3,9,11-12,14,19H,4-8,10H2;1-2H3;1-2H3. The lowest BCUT2D eigenvalue weighted by molar-refractivity contribution is -0.116. The van der Waals surface area contributed by atoms with E-state index < -0.39 is 24.9 Å². The molecule has 0 saturated carbocycles. The third-order valence-electron chi connectivity index (χ3n) is 5.41. The fraction of sp³-hybridized carbons (Fsp3) is 0.583. The van der Waals surface area contributed by atoms with Gasteiger partial charge in [-0.1, -0.05) is 26.0 Å². The van der Waals surface area contributed by atoms with Gasteiger partial charge in [-0.05, 0) is 31.4 Å². The van der Waals surface area contributed by atoms with E-state index in [9.17, 15) is 13.6 Å². The molecular weight excluding hydrogens is 456 g/mol. The average Bonchev–Trinajstić information content (AvgIpc) is 3.21. The lowest BCUT2D eigenvalue weighted by atomic mass is 9.83. The number of hydrogen-bond donors (Lipinski definition) is 0. The molecule has 2 heterocycles. The van der Waals surface area contributed by atoms with Gasteiger partial charge < -0.3 is 19.0 Å². The van der Waals surface area contributed by atoms with Crippen molar-refractivity contribution < 1.29 is 36.6 Å². The van der Waals surface area contributed by atoms with Crippen molar-refractivity contribution in [2.45, 2.75) is 58.1 Å². The van der Waals surface area contributed by atoms with E-state index in [1.807, 2.05) is 13.8 Å². The highest BCUT2D eigenvalue weighted by Crippen LogP contribution is 2.47. The van der Waals surface area contributed by atoms with Gasteiger partial charge in [-0.3, -0.25) is 4.68 Å². The monoisotopic (exact) mass is 488 g/mol. The van der Waals surface area contributed by atoms with Crippen LogP contribution in [0.4, 0.5) is 17.6 Å². The van der Waals surface area contributed by atoms with E-state index in [1.54, 1.807) is 18.9 Å². The smallest absolute Gasteiger partial charge is 0.387 e. The second-order valence-electron chi connectivity index (χ2n) is 7.78. The SMILES string of the molecule is CC.COC.O=CC1Cc2c(c(-c3cccc(OC(F)F)c3)nn2C2CCOCC2)C(F)(F)C1. The van der Waals surface area contributed by atoms with Crippen molar-refractivity contribution in [2.24, 2.45) is 5.92 Å². The Kier molecular flexibility index (Phi) is 10.5. The number of alkyl halides is 4. The number of rotatable bonds is 5. The van der Waals surface area contributed by atoms with Gasteiger partial charge in [0.05, 0.1) is 11.6 Å². The molecule has 1 atom stereocenters. The molecule has 0 amide bonds. The third kappa shape index (κ3) is 6.56. The van der Waals surface area contributed by atoms with E-state index in [-0.39, 0.29) is 35.0 Å². The number of fused-ring (bicyclic) bond motifs is 1. The number of methoxy groups -OCH3 is 1. The summed E-state index contributed by atoms with van der Waals surface area (Å²) < 4.78 is 70.9. The Morgan fingerprint density at radius 1 is 1.21 bits per heavy atom. The number of hydrogen-bond acceptors (Lipinski definition) is 5. The largest absolute Gasteiger partial charge is 0.435 e. The number of ether oxygens (including phenoxy) is 3. The quantitative estimate of drug-likeness (QED) is 0.402. The number of benzene rings is 1. The highest BCUT2D eigenvalue weighted by atomic mass is 19.3. The normalized spacial score (nSPS) is 19.3. The van der Waals surface area contributed by atoms with Crippen molar-refractivity contribution in [1.29, 1.82) is 0 Å². The van der Waals surface area contributed by atoms with Gasteiger partial charge in [0.15, 0.2) is 0 Å². The van der Waals surface area contributed by atoms with Gasteiger partial charge in [0.1, 0.15) is 17.7 Å². The Balaban J connectivity index is 0.000000758. The summed E-state index contributed by atoms with van der Waals surface area (Å²) in [5.41, 5.74) is 0.423. The van der Waals surface area contributed by atoms with Crippen molar-refractivity contribution in [1.82, 2.24) is 9.78 Å². The summed E-state index contributed by atoms with van der Waals surface area (Å²) in [6.45, 7) is 1.98. The summed E-state index contributed by atoms with van der Waals surface area (Å²) in [5, 5.41) is 4.49. The Hall–Kier alpha value is -2.46. The maximum atomic E-state index is 15.1. The maximum absolute atomic E-state index is 15.1. The second kappa shape index (κ2) is 12.9. The molecular formula is C24H32F4N2O4. The van der Waals surface area contributed by atoms with Crippen LogP contribution < -0.4 is 4.74 Å². The van der Waals surface area contributed by atoms with Crippen LogP contribution >= 0.6 is 0 Å². The van der Waals surface area contributed by atoms with E-state index in [0.717, 1.165) is 0 Å². The summed E-state index contributed by atoms with van der Waals surface area (Å²) in [6, 6.07) is 5.50. The van der Waals surface area contributed by atoms with Crippen LogP contribution in [0.25, 0.3) is 11.3 Å². The van der Waals surface area contributed by atoms with Crippen LogP contribution in [-0.2, 0) is 26.6 Å². The first-order valence-electron chi connectivity index (χ1n) is 11.3. The zero-order chi connectivity index (χ0) is 25.3. The fourth-order valence-corrected chi connectivity index (χ4v) is 4.15. The summed E-state index contributed by atoms with van der Waals surface area (Å²) in [4.78, 5) is 11.3. The molecule has 34 heavy (non-hydrogen) atoms. The van der Waals surface area contributed by atoms with Gasteiger partial charge >= 0.3 is 6.61 Å². The van der Waals surface area contributed by atoms with E-state index in [1.165, 1.54) is 24.3 Å². The Labute approximate surface area is 197 Å². The van der Waals surface area contributed by atoms with E-state index in [2.05, 4.69) is 14.6 Å². The molecule has 0 spiro atoms. The minimum atomic E-state index is -3.25. The predicted molar refractivity (Wildman–Crippen MR) is 119 cm³/mol. The first-order chi connectivity index (χ1) is 16.3. The van der Waals surface area contributed by atoms with Crippen molar-refractivity contribution >= 4 is 6.29 Å². The molecule has 190 valence electrons. The molecule has 2 aliphatic rings. The van der Waals surface area contributed by atoms with Crippen LogP contribution in [0.5, 0.6) is 5.75 Å². The van der Waals surface area contributed by atoms with Crippen LogP contribution in [0, 0.1) is 5.92 Å². The molecule has 1 fully saturated rings. The second-order valence-corrected chi connectivity index (χ2v) is 7.78. The molecule has 1 unspecified atom stereocenters. The van der Waals surface area contributed by atoms with Gasteiger partial charge in [0, 0.05) is 51.0 Å². The van der Waals surface area contributed by atoms with Gasteiger partial charge in [-0.15, -0.1) is 0 Å². The first-order valence-corrected chi connectivity index (χ1v) is 11.3. The van der Waals surface area contributed by atoms with Crippen LogP contribution in [0.15, 0.2) is 24.3 Å². The van der Waals surface area contributed by atoms with Crippen LogP contribution in [0.2, 0.25) is 0 Å². The molecule has 2 aromatic rings. The molecule has 1 aliphatic heterocycles. The van der Waals surface area contributed by atoms with Crippen molar-refractivity contribution in [3.8, 4) is 17.0 Å². The average molecular weight is 489 g/mol. The zero-order valence-electron chi connectivity index (χ0n) is 19.9. The molecule has 1 aliphatic carbocycles. The molecule has 10 heteroatoms. The van der Waals surface area contributed by atoms with Crippen molar-refractivity contribution in [3.05, 3.63) is 35.5 Å². The summed E-state index contributed by atoms with van der Waals surface area (Å²) in [7, 11) is 3.25. The topological polar surface area (TPSA) is 62.6 Å². The summed E-state index contributed by atoms with van der Waals surface area (Å²) in [5.74, 6) is -4.18. The number of nitrogens with zero attached hydrogens (tertiary/aromatic N) is 2. The fourth-order valence-electron chi connectivity index (χ4n) is 4.15. The van der Waals surface area contributed by atoms with Crippen molar-refractivity contribution in [3.63, 3.8) is 0 Å². The van der Waals surface area contributed by atoms with E-state index >= 15 is 8.78 Å². The predicted octanol–water partition coefficient (Wildman–Crippen LogP) is 5.64. The van der Waals surface area contributed by atoms with Gasteiger partial charge in [0.25, 0.3) is 5.92 Å². The molecule has 0 N–H and O–H groups in total. The number of halogens is 4. The lowest BCUT2D eigenvalue weighted by Crippen LogP contribution is -2.31. The molecule has 0 bridgehead atoms. The molecule has 4 rings (SSSR count). The van der Waals surface area contributed by atoms with E-state index in [4.69, 9.17) is 4.74 Å². The molecule has 1 saturated heterocycles. The minimum Gasteiger partial charge on any atom is -0.435 e. The molecule has 0 radical (unpaired) electrons. The number of aldehydes is 1. The van der Waals surface area contributed by atoms with Gasteiger partial charge in [0.2, 0.25) is 0 Å². The summed E-state index contributed by atoms with van der Waals surface area (Å²) in [6.07, 6.45) is 1.39. The third-order valence-corrected chi connectivity index (χ3v) is 5.41. The number of carbonyl (C=O) groups is 1. The maximum Gasteiger partial charge on any atom is 0.387 e. The van der Waals surface area contributed by atoms with Crippen LogP contribution in [0.1, 0.15) is 50.4 Å². The Morgan fingerprint density at radius 2 is 1.85 bits per heavy atom. The lowest BCUT2D eigenvalue weighted by Gasteiger charge is -2.30. The van der Waals surface area contributed by atoms with Crippen LogP contribution in [0.3, 0.4) is 0 Å². The summed E-state index contributed by atoms with van der Waals surface area (Å²) >= 11 is 0. The van der Waals surface area contributed by atoms with Gasteiger partial charge in [-0.2, -0.15) is 13.9 Å².